The Labute approximate surface area is 121 Å². The van der Waals surface area contributed by atoms with E-state index >= 15 is 0 Å². The molecule has 106 valence electrons. The molecule has 0 aliphatic rings. The van der Waals surface area contributed by atoms with Gasteiger partial charge in [0.25, 0.3) is 5.91 Å². The van der Waals surface area contributed by atoms with Gasteiger partial charge in [-0.3, -0.25) is 9.89 Å². The van der Waals surface area contributed by atoms with Gasteiger partial charge in [-0.1, -0.05) is 12.1 Å². The number of nitrogens with one attached hydrogen (secondary N) is 2. The maximum absolute atomic E-state index is 12.2. The summed E-state index contributed by atoms with van der Waals surface area (Å²) in [5, 5.41) is 10.6. The van der Waals surface area contributed by atoms with E-state index in [0.29, 0.717) is 12.1 Å². The van der Waals surface area contributed by atoms with Crippen molar-refractivity contribution in [2.24, 2.45) is 0 Å². The summed E-state index contributed by atoms with van der Waals surface area (Å²) in [4.78, 5) is 12.2. The van der Waals surface area contributed by atoms with Gasteiger partial charge in [-0.2, -0.15) is 5.10 Å². The number of ether oxygens (including phenoxy) is 1. The van der Waals surface area contributed by atoms with E-state index in [-0.39, 0.29) is 5.91 Å². The number of hydrogen-bond acceptors (Lipinski definition) is 3. The third-order valence-corrected chi connectivity index (χ3v) is 3.29. The van der Waals surface area contributed by atoms with Crippen LogP contribution in [0.1, 0.15) is 15.9 Å². The van der Waals surface area contributed by atoms with Gasteiger partial charge in [-0.25, -0.2) is 0 Å². The van der Waals surface area contributed by atoms with Gasteiger partial charge < -0.3 is 10.1 Å². The Balaban J connectivity index is 1.70. The van der Waals surface area contributed by atoms with Crippen LogP contribution in [0, 0.1) is 0 Å². The number of carbonyl (C=O) groups excluding carboxylic acids is 1. The number of aromatic amines is 1. The van der Waals surface area contributed by atoms with E-state index < -0.39 is 0 Å². The summed E-state index contributed by atoms with van der Waals surface area (Å²) >= 11 is 0. The topological polar surface area (TPSA) is 67.0 Å². The number of carbonyl (C=O) groups is 1. The first-order valence-electron chi connectivity index (χ1n) is 6.60. The third kappa shape index (κ3) is 2.86. The van der Waals surface area contributed by atoms with E-state index in [4.69, 9.17) is 4.74 Å². The molecule has 0 unspecified atom stereocenters. The first-order valence-corrected chi connectivity index (χ1v) is 6.60. The van der Waals surface area contributed by atoms with Crippen molar-refractivity contribution in [2.75, 3.05) is 7.11 Å². The average molecular weight is 281 g/mol. The Morgan fingerprint density at radius 2 is 2.19 bits per heavy atom. The predicted octanol–water partition coefficient (Wildman–Crippen LogP) is 2.50. The molecule has 21 heavy (non-hydrogen) atoms. The maximum atomic E-state index is 12.2. The molecule has 2 N–H and O–H groups in total. The molecule has 3 aromatic rings. The van der Waals surface area contributed by atoms with Gasteiger partial charge in [0.2, 0.25) is 0 Å². The molecular weight excluding hydrogens is 266 g/mol. The minimum atomic E-state index is -0.110. The molecule has 1 heterocycles. The van der Waals surface area contributed by atoms with Crippen LogP contribution in [-0.2, 0) is 6.54 Å². The van der Waals surface area contributed by atoms with Crippen LogP contribution in [0.25, 0.3) is 10.9 Å². The predicted molar refractivity (Wildman–Crippen MR) is 80.3 cm³/mol. The van der Waals surface area contributed by atoms with Crippen molar-refractivity contribution in [1.29, 1.82) is 0 Å². The Bertz CT molecular complexity index is 780. The fourth-order valence-electron chi connectivity index (χ4n) is 2.15. The molecule has 0 fully saturated rings. The molecule has 0 radical (unpaired) electrons. The molecule has 3 rings (SSSR count). The molecule has 2 aromatic carbocycles. The number of nitrogens with zero attached hydrogens (tertiary/aromatic N) is 1. The lowest BCUT2D eigenvalue weighted by atomic mass is 10.1. The minimum absolute atomic E-state index is 0.110. The molecule has 0 saturated heterocycles. The molecule has 0 aliphatic heterocycles. The summed E-state index contributed by atoms with van der Waals surface area (Å²) in [5.41, 5.74) is 2.53. The minimum Gasteiger partial charge on any atom is -0.497 e. The molecule has 1 aromatic heterocycles. The molecule has 0 aliphatic carbocycles. The highest BCUT2D eigenvalue weighted by Crippen LogP contribution is 2.14. The maximum Gasteiger partial charge on any atom is 0.251 e. The summed E-state index contributed by atoms with van der Waals surface area (Å²) < 4.78 is 5.16. The molecule has 0 bridgehead atoms. The largest absolute Gasteiger partial charge is 0.497 e. The van der Waals surface area contributed by atoms with Crippen molar-refractivity contribution in [1.82, 2.24) is 15.5 Å². The van der Waals surface area contributed by atoms with E-state index in [1.54, 1.807) is 19.4 Å². The zero-order valence-electron chi connectivity index (χ0n) is 11.6. The number of H-pyrrole nitrogens is 1. The second-order valence-electron chi connectivity index (χ2n) is 4.71. The van der Waals surface area contributed by atoms with Crippen LogP contribution in [0.15, 0.2) is 48.7 Å². The number of aromatic nitrogens is 2. The van der Waals surface area contributed by atoms with Gasteiger partial charge in [0, 0.05) is 17.5 Å². The highest BCUT2D eigenvalue weighted by molar-refractivity contribution is 5.97. The van der Waals surface area contributed by atoms with Crippen LogP contribution in [0.2, 0.25) is 0 Å². The number of fused-ring (bicyclic) bond motifs is 1. The van der Waals surface area contributed by atoms with Crippen LogP contribution in [-0.4, -0.2) is 23.2 Å². The first-order chi connectivity index (χ1) is 10.3. The first kappa shape index (κ1) is 13.2. The van der Waals surface area contributed by atoms with Gasteiger partial charge in [-0.05, 0) is 35.9 Å². The van der Waals surface area contributed by atoms with Crippen molar-refractivity contribution < 1.29 is 9.53 Å². The smallest absolute Gasteiger partial charge is 0.251 e. The fourth-order valence-corrected chi connectivity index (χ4v) is 2.15. The molecule has 0 atom stereocenters. The molecular formula is C16H15N3O2. The van der Waals surface area contributed by atoms with E-state index in [1.165, 1.54) is 0 Å². The van der Waals surface area contributed by atoms with Crippen LogP contribution in [0.3, 0.4) is 0 Å². The zero-order valence-corrected chi connectivity index (χ0v) is 11.6. The van der Waals surface area contributed by atoms with E-state index in [2.05, 4.69) is 15.5 Å². The lowest BCUT2D eigenvalue weighted by molar-refractivity contribution is 0.0951. The Hall–Kier alpha value is -2.82. The van der Waals surface area contributed by atoms with Crippen LogP contribution < -0.4 is 10.1 Å². The lowest BCUT2D eigenvalue weighted by Crippen LogP contribution is -2.22. The normalized spacial score (nSPS) is 10.5. The van der Waals surface area contributed by atoms with Gasteiger partial charge in [0.05, 0.1) is 18.8 Å². The molecule has 1 amide bonds. The van der Waals surface area contributed by atoms with Crippen molar-refractivity contribution in [3.8, 4) is 5.75 Å². The summed E-state index contributed by atoms with van der Waals surface area (Å²) in [7, 11) is 1.62. The average Bonchev–Trinajstić information content (AvgIpc) is 3.00. The quantitative estimate of drug-likeness (QED) is 0.772. The van der Waals surface area contributed by atoms with Gasteiger partial charge in [0.1, 0.15) is 5.75 Å². The second-order valence-corrected chi connectivity index (χ2v) is 4.71. The Morgan fingerprint density at radius 1 is 1.29 bits per heavy atom. The fraction of sp³-hybridized carbons (Fsp3) is 0.125. The zero-order chi connectivity index (χ0) is 14.7. The number of benzene rings is 2. The van der Waals surface area contributed by atoms with Crippen molar-refractivity contribution in [3.05, 3.63) is 59.8 Å². The summed E-state index contributed by atoms with van der Waals surface area (Å²) in [6.45, 7) is 0.458. The van der Waals surface area contributed by atoms with Crippen LogP contribution in [0.5, 0.6) is 5.75 Å². The number of rotatable bonds is 4. The Kier molecular flexibility index (Phi) is 3.55. The van der Waals surface area contributed by atoms with Crippen molar-refractivity contribution in [3.63, 3.8) is 0 Å². The van der Waals surface area contributed by atoms with E-state index in [0.717, 1.165) is 22.2 Å². The number of amides is 1. The standard InChI is InChI=1S/C16H15N3O2/c1-21-14-4-2-3-11(7-14)9-17-16(20)12-5-6-15-13(8-12)10-18-19-15/h2-8,10H,9H2,1H3,(H,17,20)(H,18,19). The highest BCUT2D eigenvalue weighted by atomic mass is 16.5. The Morgan fingerprint density at radius 3 is 3.05 bits per heavy atom. The van der Waals surface area contributed by atoms with Gasteiger partial charge in [0.15, 0.2) is 0 Å². The summed E-state index contributed by atoms with van der Waals surface area (Å²) in [5.74, 6) is 0.669. The molecule has 5 heteroatoms. The monoisotopic (exact) mass is 281 g/mol. The van der Waals surface area contributed by atoms with E-state index in [1.807, 2.05) is 36.4 Å². The summed E-state index contributed by atoms with van der Waals surface area (Å²) in [6.07, 6.45) is 1.70. The lowest BCUT2D eigenvalue weighted by Gasteiger charge is -2.07. The SMILES string of the molecule is COc1cccc(CNC(=O)c2ccc3[nH]ncc3c2)c1. The molecule has 0 saturated carbocycles. The second kappa shape index (κ2) is 5.66. The molecule has 5 nitrogen and oxygen atoms in total. The van der Waals surface area contributed by atoms with Crippen molar-refractivity contribution >= 4 is 16.8 Å². The van der Waals surface area contributed by atoms with Gasteiger partial charge in [-0.15, -0.1) is 0 Å². The van der Waals surface area contributed by atoms with Gasteiger partial charge >= 0.3 is 0 Å². The van der Waals surface area contributed by atoms with Crippen molar-refractivity contribution in [2.45, 2.75) is 6.54 Å². The number of hydrogen-bond donors (Lipinski definition) is 2. The third-order valence-electron chi connectivity index (χ3n) is 3.29. The van der Waals surface area contributed by atoms with Crippen LogP contribution >= 0.6 is 0 Å². The summed E-state index contributed by atoms with van der Waals surface area (Å²) in [6, 6.07) is 13.1. The molecule has 0 spiro atoms. The van der Waals surface area contributed by atoms with Crippen LogP contribution in [0.4, 0.5) is 0 Å². The number of methoxy groups -OCH3 is 1. The highest BCUT2D eigenvalue weighted by Gasteiger charge is 2.07. The van der Waals surface area contributed by atoms with E-state index in [9.17, 15) is 4.79 Å².